The molecule has 0 atom stereocenters. The third kappa shape index (κ3) is 7.50. The molecule has 1 aromatic heterocycles. The van der Waals surface area contributed by atoms with Crippen LogP contribution in [0.2, 0.25) is 5.02 Å². The highest BCUT2D eigenvalue weighted by Crippen LogP contribution is 2.21. The van der Waals surface area contributed by atoms with E-state index in [1.165, 1.54) is 5.56 Å². The van der Waals surface area contributed by atoms with Crippen molar-refractivity contribution in [1.29, 1.82) is 0 Å². The molecule has 0 spiro atoms. The molecule has 0 unspecified atom stereocenters. The molecule has 2 heterocycles. The number of hydrogen-bond acceptors (Lipinski definition) is 4. The highest BCUT2D eigenvalue weighted by molar-refractivity contribution is 6.34. The average molecular weight is 458 g/mol. The number of piperidine rings is 1. The van der Waals surface area contributed by atoms with E-state index in [1.54, 1.807) is 18.2 Å². The van der Waals surface area contributed by atoms with Gasteiger partial charge in [0.15, 0.2) is 0 Å². The number of hydrogen-bond donors (Lipinski definition) is 3. The summed E-state index contributed by atoms with van der Waals surface area (Å²) in [5.74, 6) is 0.144. The maximum atomic E-state index is 12.4. The van der Waals surface area contributed by atoms with Gasteiger partial charge < -0.3 is 20.9 Å². The van der Waals surface area contributed by atoms with Gasteiger partial charge in [0.05, 0.1) is 10.6 Å². The summed E-state index contributed by atoms with van der Waals surface area (Å²) in [6, 6.07) is 8.92. The minimum Gasteiger partial charge on any atom is -0.352 e. The van der Waals surface area contributed by atoms with Gasteiger partial charge in [0.1, 0.15) is 0 Å². The molecule has 0 aliphatic carbocycles. The van der Waals surface area contributed by atoms with Crippen molar-refractivity contribution in [1.82, 2.24) is 20.5 Å². The Bertz CT molecular complexity index is 899. The van der Waals surface area contributed by atoms with E-state index in [9.17, 15) is 9.59 Å². The Labute approximate surface area is 194 Å². The molecule has 3 rings (SSSR count). The number of likely N-dealkylation sites (tertiary alicyclic amines) is 1. The summed E-state index contributed by atoms with van der Waals surface area (Å²) >= 11 is 6.26. The van der Waals surface area contributed by atoms with Crippen molar-refractivity contribution in [2.75, 3.05) is 31.5 Å². The second kappa shape index (κ2) is 11.8. The number of benzene rings is 1. The number of halogens is 1. The highest BCUT2D eigenvalue weighted by atomic mass is 35.5. The second-order valence-corrected chi connectivity index (χ2v) is 9.03. The van der Waals surface area contributed by atoms with Crippen molar-refractivity contribution < 1.29 is 9.59 Å². The molecule has 0 bridgehead atoms. The first-order chi connectivity index (χ1) is 15.4. The molecule has 32 heavy (non-hydrogen) atoms. The van der Waals surface area contributed by atoms with Gasteiger partial charge in [-0.1, -0.05) is 25.4 Å². The van der Waals surface area contributed by atoms with Crippen molar-refractivity contribution in [3.63, 3.8) is 0 Å². The zero-order valence-electron chi connectivity index (χ0n) is 18.7. The maximum absolute atomic E-state index is 12.4. The van der Waals surface area contributed by atoms with Crippen LogP contribution in [-0.4, -0.2) is 54.0 Å². The highest BCUT2D eigenvalue weighted by Gasteiger charge is 2.21. The van der Waals surface area contributed by atoms with Crippen LogP contribution in [0.3, 0.4) is 0 Å². The lowest BCUT2D eigenvalue weighted by Crippen LogP contribution is -2.46. The number of pyridine rings is 1. The summed E-state index contributed by atoms with van der Waals surface area (Å²) in [5.41, 5.74) is 2.25. The molecule has 1 saturated heterocycles. The average Bonchev–Trinajstić information content (AvgIpc) is 2.78. The number of nitrogens with zero attached hydrogens (tertiary/aromatic N) is 2. The van der Waals surface area contributed by atoms with Crippen LogP contribution < -0.4 is 16.0 Å². The molecule has 3 N–H and O–H groups in total. The summed E-state index contributed by atoms with van der Waals surface area (Å²) in [5, 5.41) is 9.02. The molecular weight excluding hydrogens is 426 g/mol. The van der Waals surface area contributed by atoms with Gasteiger partial charge in [-0.2, -0.15) is 0 Å². The number of carbonyl (C=O) groups is 2. The zero-order chi connectivity index (χ0) is 22.9. The van der Waals surface area contributed by atoms with Gasteiger partial charge in [-0.15, -0.1) is 0 Å². The summed E-state index contributed by atoms with van der Waals surface area (Å²) in [6.07, 6.45) is 6.49. The lowest BCUT2D eigenvalue weighted by Gasteiger charge is -2.32. The SMILES string of the molecule is CC(C)CNC(=O)c1ccc(NC(=O)NC2CCN(CCc3ccncc3)CC2)cc1Cl. The molecule has 3 amide bonds. The first kappa shape index (κ1) is 24.0. The standard InChI is InChI=1S/C24H32ClN5O2/c1-17(2)16-27-23(31)21-4-3-20(15-22(21)25)29-24(32)28-19-8-13-30(14-9-19)12-7-18-5-10-26-11-6-18/h3-6,10-11,15,17,19H,7-9,12-14,16H2,1-2H3,(H,27,31)(H2,28,29,32). The van der Waals surface area contributed by atoms with Crippen LogP contribution in [0.5, 0.6) is 0 Å². The largest absolute Gasteiger partial charge is 0.352 e. The smallest absolute Gasteiger partial charge is 0.319 e. The second-order valence-electron chi connectivity index (χ2n) is 8.62. The normalized spacial score (nSPS) is 14.9. The monoisotopic (exact) mass is 457 g/mol. The number of anilines is 1. The summed E-state index contributed by atoms with van der Waals surface area (Å²) < 4.78 is 0. The van der Waals surface area contributed by atoms with Crippen LogP contribution in [-0.2, 0) is 6.42 Å². The zero-order valence-corrected chi connectivity index (χ0v) is 19.5. The van der Waals surface area contributed by atoms with E-state index in [0.29, 0.717) is 28.7 Å². The van der Waals surface area contributed by atoms with Crippen LogP contribution in [0, 0.1) is 5.92 Å². The Kier molecular flexibility index (Phi) is 8.88. The molecule has 0 saturated carbocycles. The molecule has 8 heteroatoms. The predicted octanol–water partition coefficient (Wildman–Crippen LogP) is 3.95. The molecular formula is C24H32ClN5O2. The van der Waals surface area contributed by atoms with E-state index in [2.05, 4.69) is 38.0 Å². The number of urea groups is 1. The van der Waals surface area contributed by atoms with E-state index in [0.717, 1.165) is 38.9 Å². The van der Waals surface area contributed by atoms with Gasteiger partial charge in [-0.25, -0.2) is 4.79 Å². The fraction of sp³-hybridized carbons (Fsp3) is 0.458. The fourth-order valence-corrected chi connectivity index (χ4v) is 3.93. The minimum atomic E-state index is -0.256. The number of carbonyl (C=O) groups excluding carboxylic acids is 2. The van der Waals surface area contributed by atoms with E-state index in [4.69, 9.17) is 11.6 Å². The van der Waals surface area contributed by atoms with E-state index >= 15 is 0 Å². The maximum Gasteiger partial charge on any atom is 0.319 e. The Morgan fingerprint density at radius 3 is 2.53 bits per heavy atom. The lowest BCUT2D eigenvalue weighted by molar-refractivity contribution is 0.0949. The van der Waals surface area contributed by atoms with Crippen LogP contribution >= 0.6 is 11.6 Å². The van der Waals surface area contributed by atoms with Gasteiger partial charge in [0.2, 0.25) is 0 Å². The van der Waals surface area contributed by atoms with E-state index in [-0.39, 0.29) is 18.0 Å². The Morgan fingerprint density at radius 2 is 1.88 bits per heavy atom. The minimum absolute atomic E-state index is 0.142. The van der Waals surface area contributed by atoms with Crippen LogP contribution in [0.25, 0.3) is 0 Å². The molecule has 1 fully saturated rings. The number of nitrogens with one attached hydrogen (secondary N) is 3. The molecule has 1 aromatic carbocycles. The van der Waals surface area contributed by atoms with Crippen molar-refractivity contribution in [3.8, 4) is 0 Å². The number of amides is 3. The summed E-state index contributed by atoms with van der Waals surface area (Å²) in [7, 11) is 0. The Morgan fingerprint density at radius 1 is 1.16 bits per heavy atom. The van der Waals surface area contributed by atoms with Gasteiger partial charge in [0.25, 0.3) is 5.91 Å². The lowest BCUT2D eigenvalue weighted by atomic mass is 10.0. The predicted molar refractivity (Wildman–Crippen MR) is 128 cm³/mol. The molecule has 0 radical (unpaired) electrons. The third-order valence-electron chi connectivity index (χ3n) is 5.53. The van der Waals surface area contributed by atoms with Crippen LogP contribution in [0.4, 0.5) is 10.5 Å². The van der Waals surface area contributed by atoms with Crippen LogP contribution in [0.1, 0.15) is 42.6 Å². The molecule has 1 aliphatic heterocycles. The van der Waals surface area contributed by atoms with Gasteiger partial charge in [-0.05, 0) is 61.1 Å². The molecule has 7 nitrogen and oxygen atoms in total. The van der Waals surface area contributed by atoms with Gasteiger partial charge >= 0.3 is 6.03 Å². The van der Waals surface area contributed by atoms with Crippen molar-refractivity contribution in [2.24, 2.45) is 5.92 Å². The van der Waals surface area contributed by atoms with Crippen LogP contribution in [0.15, 0.2) is 42.7 Å². The van der Waals surface area contributed by atoms with E-state index in [1.807, 2.05) is 26.2 Å². The van der Waals surface area contributed by atoms with Crippen molar-refractivity contribution >= 4 is 29.2 Å². The third-order valence-corrected chi connectivity index (χ3v) is 5.84. The first-order valence-corrected chi connectivity index (χ1v) is 11.5. The summed E-state index contributed by atoms with van der Waals surface area (Å²) in [6.45, 7) is 7.57. The summed E-state index contributed by atoms with van der Waals surface area (Å²) in [4.78, 5) is 31.1. The quantitative estimate of drug-likeness (QED) is 0.560. The molecule has 2 aromatic rings. The Hall–Kier alpha value is -2.64. The topological polar surface area (TPSA) is 86.4 Å². The van der Waals surface area contributed by atoms with E-state index < -0.39 is 0 Å². The van der Waals surface area contributed by atoms with Gasteiger partial charge in [0, 0.05) is 50.3 Å². The van der Waals surface area contributed by atoms with Crippen molar-refractivity contribution in [2.45, 2.75) is 39.2 Å². The molecule has 1 aliphatic rings. The Balaban J connectivity index is 1.41. The first-order valence-electron chi connectivity index (χ1n) is 11.2. The number of rotatable bonds is 8. The number of aromatic nitrogens is 1. The van der Waals surface area contributed by atoms with Gasteiger partial charge in [-0.3, -0.25) is 9.78 Å². The molecule has 172 valence electrons. The van der Waals surface area contributed by atoms with Crippen molar-refractivity contribution in [3.05, 3.63) is 58.9 Å². The fourth-order valence-electron chi connectivity index (χ4n) is 3.66.